The van der Waals surface area contributed by atoms with Gasteiger partial charge in [0.2, 0.25) is 0 Å². The smallest absolute Gasteiger partial charge is 0.262 e. The Bertz CT molecular complexity index is 718. The maximum atomic E-state index is 14.1. The van der Waals surface area contributed by atoms with Gasteiger partial charge in [0.15, 0.2) is 6.10 Å². The first-order chi connectivity index (χ1) is 11.1. The maximum Gasteiger partial charge on any atom is 0.262 e. The third-order valence-corrected chi connectivity index (χ3v) is 4.16. The lowest BCUT2D eigenvalue weighted by Gasteiger charge is -2.35. The van der Waals surface area contributed by atoms with Crippen molar-refractivity contribution in [3.05, 3.63) is 58.9 Å². The summed E-state index contributed by atoms with van der Waals surface area (Å²) in [5.41, 5.74) is 1.22. The molecule has 0 radical (unpaired) electrons. The van der Waals surface area contributed by atoms with Crippen LogP contribution in [-0.2, 0) is 11.3 Å². The molecule has 0 aromatic heterocycles. The average Bonchev–Trinajstić information content (AvgIpc) is 2.57. The molecule has 1 atom stereocenters. The predicted octanol–water partition coefficient (Wildman–Crippen LogP) is 2.99. The normalized spacial score (nSPS) is 16.5. The molecule has 0 fully saturated rings. The summed E-state index contributed by atoms with van der Waals surface area (Å²) in [4.78, 5) is 13.9. The Labute approximate surface area is 138 Å². The Kier molecular flexibility index (Phi) is 4.39. The summed E-state index contributed by atoms with van der Waals surface area (Å²) in [5.74, 6) is 0.0157. The van der Waals surface area contributed by atoms with Crippen LogP contribution in [0.4, 0.5) is 10.1 Å². The second-order valence-electron chi connectivity index (χ2n) is 5.27. The molecule has 23 heavy (non-hydrogen) atoms. The van der Waals surface area contributed by atoms with Crippen molar-refractivity contribution in [1.82, 2.24) is 5.32 Å². The fraction of sp³-hybridized carbons (Fsp3) is 0.235. The molecule has 6 heteroatoms. The van der Waals surface area contributed by atoms with Crippen LogP contribution in [0.15, 0.2) is 42.5 Å². The molecule has 1 N–H and O–H groups in total. The van der Waals surface area contributed by atoms with Gasteiger partial charge in [0, 0.05) is 24.2 Å². The van der Waals surface area contributed by atoms with Crippen molar-refractivity contribution in [3.8, 4) is 5.75 Å². The predicted molar refractivity (Wildman–Crippen MR) is 87.4 cm³/mol. The number of hydrogen-bond donors (Lipinski definition) is 1. The Morgan fingerprint density at radius 2 is 2.13 bits per heavy atom. The molecule has 4 nitrogen and oxygen atoms in total. The highest BCUT2D eigenvalue weighted by molar-refractivity contribution is 6.31. The Balaban J connectivity index is 1.95. The lowest BCUT2D eigenvalue weighted by Crippen LogP contribution is -2.48. The molecule has 1 aliphatic rings. The van der Waals surface area contributed by atoms with E-state index in [1.807, 2.05) is 23.1 Å². The molecule has 2 aromatic carbocycles. The molecule has 0 spiro atoms. The third-order valence-electron chi connectivity index (χ3n) is 3.81. The molecule has 1 aliphatic heterocycles. The van der Waals surface area contributed by atoms with E-state index in [-0.39, 0.29) is 18.3 Å². The van der Waals surface area contributed by atoms with Gasteiger partial charge >= 0.3 is 0 Å². The molecule has 0 saturated carbocycles. The molecule has 0 bridgehead atoms. The van der Waals surface area contributed by atoms with Crippen LogP contribution in [0.3, 0.4) is 0 Å². The molecule has 0 unspecified atom stereocenters. The number of likely N-dealkylation sites (N-methyl/N-ethyl adjacent to an activating group) is 1. The minimum absolute atomic E-state index is 0.218. The summed E-state index contributed by atoms with van der Waals surface area (Å²) in [7, 11) is 1.56. The number of para-hydroxylation sites is 2. The zero-order valence-corrected chi connectivity index (χ0v) is 13.3. The van der Waals surface area contributed by atoms with Crippen LogP contribution in [0.5, 0.6) is 5.75 Å². The van der Waals surface area contributed by atoms with E-state index in [0.29, 0.717) is 22.9 Å². The van der Waals surface area contributed by atoms with Crippen LogP contribution < -0.4 is 15.0 Å². The molecule has 1 heterocycles. The second-order valence-corrected chi connectivity index (χ2v) is 5.68. The first kappa shape index (κ1) is 15.6. The average molecular weight is 335 g/mol. The maximum absolute atomic E-state index is 14.1. The summed E-state index contributed by atoms with van der Waals surface area (Å²) in [6.45, 7) is 0.584. The van der Waals surface area contributed by atoms with Gasteiger partial charge in [0.25, 0.3) is 5.91 Å². The first-order valence-corrected chi connectivity index (χ1v) is 7.63. The van der Waals surface area contributed by atoms with Crippen molar-refractivity contribution < 1.29 is 13.9 Å². The van der Waals surface area contributed by atoms with Gasteiger partial charge in [-0.2, -0.15) is 0 Å². The van der Waals surface area contributed by atoms with Crippen molar-refractivity contribution in [2.24, 2.45) is 0 Å². The Morgan fingerprint density at radius 1 is 1.35 bits per heavy atom. The molecule has 2 aromatic rings. The largest absolute Gasteiger partial charge is 0.477 e. The minimum Gasteiger partial charge on any atom is -0.477 e. The zero-order chi connectivity index (χ0) is 16.4. The number of rotatable bonds is 3. The molecule has 1 amide bonds. The van der Waals surface area contributed by atoms with E-state index >= 15 is 0 Å². The standard InChI is InChI=1S/C17H16ClFN2O2/c1-20-17(22)16-10-21(14-7-2-3-8-15(14)23-16)9-11-12(18)5-4-6-13(11)19/h2-8,16H,9-10H2,1H3,(H,20,22)/t16-/m1/s1. The van der Waals surface area contributed by atoms with Crippen molar-refractivity contribution in [2.45, 2.75) is 12.6 Å². The number of amides is 1. The lowest BCUT2D eigenvalue weighted by atomic mass is 10.1. The molecular weight excluding hydrogens is 319 g/mol. The van der Waals surface area contributed by atoms with Crippen molar-refractivity contribution in [1.29, 1.82) is 0 Å². The topological polar surface area (TPSA) is 41.6 Å². The fourth-order valence-electron chi connectivity index (χ4n) is 2.63. The second kappa shape index (κ2) is 6.46. The van der Waals surface area contributed by atoms with E-state index in [1.54, 1.807) is 25.2 Å². The number of ether oxygens (including phenoxy) is 1. The van der Waals surface area contributed by atoms with Crippen LogP contribution in [0.1, 0.15) is 5.56 Å². The number of nitrogens with zero attached hydrogens (tertiary/aromatic N) is 1. The van der Waals surface area contributed by atoms with E-state index in [9.17, 15) is 9.18 Å². The van der Waals surface area contributed by atoms with Crippen molar-refractivity contribution in [3.63, 3.8) is 0 Å². The van der Waals surface area contributed by atoms with E-state index in [4.69, 9.17) is 16.3 Å². The van der Waals surface area contributed by atoms with Gasteiger partial charge in [0.1, 0.15) is 11.6 Å². The highest BCUT2D eigenvalue weighted by atomic mass is 35.5. The quantitative estimate of drug-likeness (QED) is 0.938. The van der Waals surface area contributed by atoms with Crippen LogP contribution in [0.2, 0.25) is 5.02 Å². The van der Waals surface area contributed by atoms with Gasteiger partial charge in [-0.15, -0.1) is 0 Å². The molecule has 0 saturated heterocycles. The van der Waals surface area contributed by atoms with Gasteiger partial charge in [-0.05, 0) is 24.3 Å². The summed E-state index contributed by atoms with van der Waals surface area (Å²) in [5, 5.41) is 2.95. The Morgan fingerprint density at radius 3 is 2.87 bits per heavy atom. The number of hydrogen-bond acceptors (Lipinski definition) is 3. The van der Waals surface area contributed by atoms with Gasteiger partial charge in [-0.3, -0.25) is 4.79 Å². The first-order valence-electron chi connectivity index (χ1n) is 7.25. The van der Waals surface area contributed by atoms with Gasteiger partial charge < -0.3 is 15.0 Å². The summed E-state index contributed by atoms with van der Waals surface area (Å²) in [6, 6.07) is 12.0. The van der Waals surface area contributed by atoms with E-state index in [1.165, 1.54) is 6.07 Å². The highest BCUT2D eigenvalue weighted by Crippen LogP contribution is 2.35. The number of nitrogens with one attached hydrogen (secondary N) is 1. The number of fused-ring (bicyclic) bond motifs is 1. The minimum atomic E-state index is -0.652. The molecular formula is C17H16ClFN2O2. The molecule has 120 valence electrons. The van der Waals surface area contributed by atoms with Crippen LogP contribution in [0.25, 0.3) is 0 Å². The van der Waals surface area contributed by atoms with Gasteiger partial charge in [-0.25, -0.2) is 4.39 Å². The molecule has 0 aliphatic carbocycles. The zero-order valence-electron chi connectivity index (χ0n) is 12.6. The number of halogens is 2. The van der Waals surface area contributed by atoms with E-state index < -0.39 is 6.10 Å². The monoisotopic (exact) mass is 334 g/mol. The van der Waals surface area contributed by atoms with Crippen LogP contribution >= 0.6 is 11.6 Å². The Hall–Kier alpha value is -2.27. The summed E-state index contributed by atoms with van der Waals surface area (Å²) in [6.07, 6.45) is -0.652. The van der Waals surface area contributed by atoms with Gasteiger partial charge in [0.05, 0.1) is 12.2 Å². The van der Waals surface area contributed by atoms with E-state index in [0.717, 1.165) is 5.69 Å². The highest BCUT2D eigenvalue weighted by Gasteiger charge is 2.30. The SMILES string of the molecule is CNC(=O)[C@H]1CN(Cc2c(F)cccc2Cl)c2ccccc2O1. The number of carbonyl (C=O) groups excluding carboxylic acids is 1. The van der Waals surface area contributed by atoms with Crippen LogP contribution in [-0.4, -0.2) is 25.6 Å². The number of anilines is 1. The van der Waals surface area contributed by atoms with Crippen molar-refractivity contribution in [2.75, 3.05) is 18.5 Å². The third kappa shape index (κ3) is 3.10. The fourth-order valence-corrected chi connectivity index (χ4v) is 2.85. The van der Waals surface area contributed by atoms with Crippen LogP contribution in [0, 0.1) is 5.82 Å². The summed E-state index contributed by atoms with van der Waals surface area (Å²) >= 11 is 6.12. The molecule has 3 rings (SSSR count). The lowest BCUT2D eigenvalue weighted by molar-refractivity contribution is -0.127. The summed E-state index contributed by atoms with van der Waals surface area (Å²) < 4.78 is 19.8. The van der Waals surface area contributed by atoms with Crippen molar-refractivity contribution >= 4 is 23.2 Å². The van der Waals surface area contributed by atoms with E-state index in [2.05, 4.69) is 5.32 Å². The number of carbonyl (C=O) groups is 1. The number of benzene rings is 2. The van der Waals surface area contributed by atoms with Gasteiger partial charge in [-0.1, -0.05) is 29.8 Å².